The molecule has 1 aliphatic heterocycles. The summed E-state index contributed by atoms with van der Waals surface area (Å²) in [4.78, 5) is 13.8. The molecular weight excluding hydrogens is 705 g/mol. The predicted octanol–water partition coefficient (Wildman–Crippen LogP) is 5.83. The van der Waals surface area contributed by atoms with Gasteiger partial charge in [0.2, 0.25) is 5.91 Å². The van der Waals surface area contributed by atoms with Gasteiger partial charge in [0.05, 0.1) is 42.5 Å². The van der Waals surface area contributed by atoms with E-state index in [-0.39, 0.29) is 36.9 Å². The van der Waals surface area contributed by atoms with Crippen LogP contribution >= 0.6 is 0 Å². The molecule has 4 aromatic carbocycles. The molecule has 2 heterocycles. The fraction of sp³-hybridized carbons (Fsp3) is 0.325. The van der Waals surface area contributed by atoms with Crippen LogP contribution < -0.4 is 14.8 Å². The number of amides is 1. The molecule has 0 bridgehead atoms. The van der Waals surface area contributed by atoms with Gasteiger partial charge in [-0.1, -0.05) is 80.6 Å². The molecule has 274 valence electrons. The van der Waals surface area contributed by atoms with Crippen molar-refractivity contribution in [3.05, 3.63) is 125 Å². The zero-order chi connectivity index (χ0) is 39.4. The summed E-state index contributed by atoms with van der Waals surface area (Å²) in [5, 5.41) is 10.8. The minimum Gasteiger partial charge on any atom is -0.395 e. The van der Waals surface area contributed by atoms with Crippen molar-refractivity contribution in [2.24, 2.45) is 0 Å². The molecule has 1 unspecified atom stereocenters. The van der Waals surface area contributed by atoms with E-state index in [1.165, 1.54) is 30.3 Å². The van der Waals surface area contributed by atoms with Crippen LogP contribution in [-0.4, -0.2) is 70.2 Å². The second-order valence-electron chi connectivity index (χ2n) is 14.7. The Bertz CT molecular complexity index is 2220. The number of aliphatic hydroxyl groups excluding tert-OH is 1. The van der Waals surface area contributed by atoms with E-state index in [9.17, 15) is 18.7 Å². The van der Waals surface area contributed by atoms with Gasteiger partial charge in [0.15, 0.2) is 11.5 Å². The number of alkyl halides is 2. The van der Waals surface area contributed by atoms with Crippen LogP contribution in [-0.2, 0) is 44.9 Å². The lowest BCUT2D eigenvalue weighted by Crippen LogP contribution is -2.53. The number of nitrogens with zero attached hydrogens (tertiary/aromatic N) is 1. The first kappa shape index (κ1) is 38.7. The predicted molar refractivity (Wildman–Crippen MR) is 204 cm³/mol. The summed E-state index contributed by atoms with van der Waals surface area (Å²) in [6, 6.07) is 27.0. The van der Waals surface area contributed by atoms with Gasteiger partial charge in [0.1, 0.15) is 37.2 Å². The average molecular weight is 740 g/mol. The number of ether oxygens (including phenoxy) is 4. The van der Waals surface area contributed by atoms with Crippen molar-refractivity contribution in [2.45, 2.75) is 80.5 Å². The van der Waals surface area contributed by atoms with Crippen LogP contribution in [0.2, 0.25) is 0 Å². The van der Waals surface area contributed by atoms with E-state index in [2.05, 4.69) is 14.8 Å². The van der Waals surface area contributed by atoms with Crippen molar-refractivity contribution < 1.29 is 42.0 Å². The second-order valence-corrected chi connectivity index (χ2v) is 14.7. The number of fused-ring (bicyclic) bond motifs is 2. The molecule has 1 aromatic heterocycles. The lowest BCUT2D eigenvalue weighted by atomic mass is 9.50. The van der Waals surface area contributed by atoms with Crippen LogP contribution in [0.4, 0.5) is 18.9 Å². The Kier molecular flexibility index (Phi) is 9.97. The first-order chi connectivity index (χ1) is 25.9. The molecule has 2 N–H and O–H groups in total. The summed E-state index contributed by atoms with van der Waals surface area (Å²) in [5.74, 6) is -1.67. The minimum atomic E-state index is -3.81. The Morgan fingerprint density at radius 3 is 2.09 bits per heavy atom. The zero-order valence-corrected chi connectivity index (χ0v) is 30.2. The Balaban J connectivity index is 1.20. The highest BCUT2D eigenvalue weighted by atomic mass is 19.3. The number of hydrogen-bond acceptors (Lipinski definition) is 6. The number of aromatic nitrogens is 1. The lowest BCUT2D eigenvalue weighted by Gasteiger charge is -2.44. The van der Waals surface area contributed by atoms with Crippen molar-refractivity contribution in [1.82, 2.24) is 4.57 Å². The van der Waals surface area contributed by atoms with E-state index in [0.717, 1.165) is 11.1 Å². The van der Waals surface area contributed by atoms with Crippen molar-refractivity contribution >= 4 is 53.9 Å². The first-order valence-electron chi connectivity index (χ1n) is 17.7. The second kappa shape index (κ2) is 14.2. The third-order valence-corrected chi connectivity index (χ3v) is 10.5. The normalized spacial score (nSPS) is 16.5. The average Bonchev–Trinajstić information content (AvgIpc) is 3.80. The molecule has 1 saturated carbocycles. The number of halogens is 3. The summed E-state index contributed by atoms with van der Waals surface area (Å²) >= 11 is 0. The van der Waals surface area contributed by atoms with Crippen LogP contribution in [0.15, 0.2) is 97.1 Å². The maximum atomic E-state index is 16.1. The highest BCUT2D eigenvalue weighted by molar-refractivity contribution is 6.40. The van der Waals surface area contributed by atoms with Gasteiger partial charge in [0, 0.05) is 33.4 Å². The smallest absolute Gasteiger partial charge is 0.395 e. The van der Waals surface area contributed by atoms with Gasteiger partial charge in [-0.15, -0.1) is 8.78 Å². The van der Waals surface area contributed by atoms with E-state index in [1.54, 1.807) is 24.5 Å². The Morgan fingerprint density at radius 1 is 0.873 bits per heavy atom. The van der Waals surface area contributed by atoms with Gasteiger partial charge in [-0.2, -0.15) is 0 Å². The molecule has 55 heavy (non-hydrogen) atoms. The number of aliphatic hydroxyl groups is 1. The van der Waals surface area contributed by atoms with Crippen molar-refractivity contribution in [3.8, 4) is 11.5 Å². The van der Waals surface area contributed by atoms with Crippen LogP contribution in [0.1, 0.15) is 49.1 Å². The SMILES string of the molecule is [B]C([B])(OCc1ccccc1)C(O)Cn1c(C(C)(C)C([B])([B])OCc2ccccc2)cc2cc(NC(=O)C3(c4ccc5c(c4)OC(F)(F)O5)CC3)c(F)cc21. The van der Waals surface area contributed by atoms with Crippen molar-refractivity contribution in [3.63, 3.8) is 0 Å². The molecule has 1 aliphatic carbocycles. The van der Waals surface area contributed by atoms with E-state index in [1.807, 2.05) is 60.7 Å². The summed E-state index contributed by atoms with van der Waals surface area (Å²) in [6.45, 7) is 3.30. The first-order valence-corrected chi connectivity index (χ1v) is 17.7. The van der Waals surface area contributed by atoms with Crippen LogP contribution in [0.3, 0.4) is 0 Å². The minimum absolute atomic E-state index is 0.00955. The Labute approximate surface area is 322 Å². The van der Waals surface area contributed by atoms with Gasteiger partial charge in [0.25, 0.3) is 0 Å². The van der Waals surface area contributed by atoms with Crippen molar-refractivity contribution in [2.75, 3.05) is 5.32 Å². The topological polar surface area (TPSA) is 91.2 Å². The quantitative estimate of drug-likeness (QED) is 0.140. The molecule has 5 aromatic rings. The monoisotopic (exact) mass is 740 g/mol. The molecule has 7 rings (SSSR count). The lowest BCUT2D eigenvalue weighted by molar-refractivity contribution is -0.286. The standard InChI is InChI=1S/C40H35B4F3N2O6/c1-36(2,39(43,44)53-23-25-11-7-4-8-12-25)33-18-26-17-29(48-35(51)37(15-16-37)27-13-14-31-32(19-27)55-40(46,47)54-31)28(45)20-30(26)49(33)21-34(50)38(41,42)52-22-24-9-5-3-6-10-24/h3-14,17-20,34,50H,15-16,21-23H2,1-2H3,(H,48,51). The number of anilines is 1. The Hall–Kier alpha value is -4.58. The van der Waals surface area contributed by atoms with Crippen molar-refractivity contribution in [1.29, 1.82) is 0 Å². The van der Waals surface area contributed by atoms with Crippen LogP contribution in [0, 0.1) is 5.82 Å². The van der Waals surface area contributed by atoms with Gasteiger partial charge in [-0.25, -0.2) is 4.39 Å². The number of rotatable bonds is 14. The van der Waals surface area contributed by atoms with E-state index >= 15 is 4.39 Å². The zero-order valence-electron chi connectivity index (χ0n) is 30.2. The highest BCUT2D eigenvalue weighted by Gasteiger charge is 2.53. The number of carbonyl (C=O) groups is 1. The largest absolute Gasteiger partial charge is 0.586 e. The number of hydrogen-bond donors (Lipinski definition) is 2. The summed E-state index contributed by atoms with van der Waals surface area (Å²) in [5.41, 5.74) is 0.311. The third-order valence-electron chi connectivity index (χ3n) is 10.5. The van der Waals surface area contributed by atoms with Crippen LogP contribution in [0.25, 0.3) is 10.9 Å². The third kappa shape index (κ3) is 7.66. The molecule has 8 nitrogen and oxygen atoms in total. The molecular formula is C40H35B4F3N2O6. The van der Waals surface area contributed by atoms with E-state index in [0.29, 0.717) is 35.0 Å². The van der Waals surface area contributed by atoms with E-state index < -0.39 is 45.8 Å². The molecule has 1 atom stereocenters. The number of nitrogens with one attached hydrogen (secondary N) is 1. The maximum Gasteiger partial charge on any atom is 0.586 e. The van der Waals surface area contributed by atoms with Gasteiger partial charge in [-0.05, 0) is 53.8 Å². The fourth-order valence-corrected chi connectivity index (χ4v) is 6.71. The highest BCUT2D eigenvalue weighted by Crippen LogP contribution is 2.52. The summed E-state index contributed by atoms with van der Waals surface area (Å²) < 4.78 is 66.0. The fourth-order valence-electron chi connectivity index (χ4n) is 6.71. The van der Waals surface area contributed by atoms with Crippen LogP contribution in [0.5, 0.6) is 11.5 Å². The summed E-state index contributed by atoms with van der Waals surface area (Å²) in [7, 11) is 26.0. The molecule has 15 heteroatoms. The molecule has 1 fully saturated rings. The molecule has 0 saturated heterocycles. The molecule has 0 spiro atoms. The Morgan fingerprint density at radius 2 is 1.47 bits per heavy atom. The molecule has 8 radical (unpaired) electrons. The van der Waals surface area contributed by atoms with E-state index in [4.69, 9.17) is 40.9 Å². The number of benzene rings is 4. The molecule has 1 amide bonds. The van der Waals surface area contributed by atoms with Gasteiger partial charge < -0.3 is 33.9 Å². The number of carbonyl (C=O) groups excluding carboxylic acids is 1. The van der Waals surface area contributed by atoms with Gasteiger partial charge in [-0.3, -0.25) is 4.79 Å². The summed E-state index contributed by atoms with van der Waals surface area (Å²) in [6.07, 6.45) is -4.55. The maximum absolute atomic E-state index is 16.1. The molecule has 2 aliphatic rings. The van der Waals surface area contributed by atoms with Gasteiger partial charge >= 0.3 is 6.29 Å².